The minimum Gasteiger partial charge on any atom is -0.491 e. The van der Waals surface area contributed by atoms with Gasteiger partial charge in [0, 0.05) is 11.6 Å². The third-order valence-electron chi connectivity index (χ3n) is 3.63. The van der Waals surface area contributed by atoms with E-state index in [1.807, 2.05) is 36.4 Å². The summed E-state index contributed by atoms with van der Waals surface area (Å²) in [6.45, 7) is 2.78. The summed E-state index contributed by atoms with van der Waals surface area (Å²) in [5.74, 6) is 1.60. The molecule has 3 aromatic heterocycles. The molecule has 0 radical (unpaired) electrons. The highest BCUT2D eigenvalue weighted by Crippen LogP contribution is 2.36. The van der Waals surface area contributed by atoms with Crippen molar-refractivity contribution in [3.8, 4) is 5.75 Å². The number of rotatable bonds is 5. The molecule has 1 N–H and O–H groups in total. The molecular formula is C18H16N4OS. The normalized spacial score (nSPS) is 11.0. The Morgan fingerprint density at radius 1 is 1.08 bits per heavy atom. The van der Waals surface area contributed by atoms with Crippen LogP contribution in [0.5, 0.6) is 5.75 Å². The maximum Gasteiger partial charge on any atom is 0.152 e. The van der Waals surface area contributed by atoms with E-state index in [1.165, 1.54) is 0 Å². The van der Waals surface area contributed by atoms with E-state index in [0.29, 0.717) is 6.61 Å². The molecule has 0 unspecified atom stereocenters. The SMILES string of the molecule is CCCOc1ccccc1Nc1ncnc2c1sc1ncccc12. The number of anilines is 2. The van der Waals surface area contributed by atoms with Crippen LogP contribution < -0.4 is 10.1 Å². The lowest BCUT2D eigenvalue weighted by molar-refractivity contribution is 0.319. The topological polar surface area (TPSA) is 59.9 Å². The molecule has 4 aromatic rings. The van der Waals surface area contributed by atoms with Crippen LogP contribution in [-0.2, 0) is 0 Å². The Kier molecular flexibility index (Phi) is 3.96. The molecule has 24 heavy (non-hydrogen) atoms. The monoisotopic (exact) mass is 336 g/mol. The van der Waals surface area contributed by atoms with Crippen molar-refractivity contribution in [1.29, 1.82) is 0 Å². The first-order valence-electron chi connectivity index (χ1n) is 7.84. The average Bonchev–Trinajstić information content (AvgIpc) is 3.01. The molecule has 0 aliphatic carbocycles. The first-order chi connectivity index (χ1) is 11.9. The second-order valence-electron chi connectivity index (χ2n) is 5.33. The maximum absolute atomic E-state index is 5.81. The third kappa shape index (κ3) is 2.65. The number of hydrogen-bond donors (Lipinski definition) is 1. The van der Waals surface area contributed by atoms with Gasteiger partial charge in [-0.25, -0.2) is 15.0 Å². The number of ether oxygens (including phenoxy) is 1. The van der Waals surface area contributed by atoms with Crippen molar-refractivity contribution in [3.05, 3.63) is 48.9 Å². The molecule has 4 rings (SSSR count). The predicted molar refractivity (Wildman–Crippen MR) is 98.2 cm³/mol. The minimum absolute atomic E-state index is 0.685. The standard InChI is InChI=1S/C18H16N4OS/c1-2-10-23-14-8-4-3-7-13(14)22-17-16-15(20-11-21-17)12-6-5-9-19-18(12)24-16/h3-9,11H,2,10H2,1H3,(H,20,21,22). The van der Waals surface area contributed by atoms with E-state index in [2.05, 4.69) is 27.2 Å². The summed E-state index contributed by atoms with van der Waals surface area (Å²) in [4.78, 5) is 14.2. The van der Waals surface area contributed by atoms with E-state index >= 15 is 0 Å². The first-order valence-corrected chi connectivity index (χ1v) is 8.65. The van der Waals surface area contributed by atoms with Crippen molar-refractivity contribution in [1.82, 2.24) is 15.0 Å². The zero-order chi connectivity index (χ0) is 16.4. The van der Waals surface area contributed by atoms with Crippen molar-refractivity contribution >= 4 is 43.3 Å². The Hall–Kier alpha value is -2.73. The second-order valence-corrected chi connectivity index (χ2v) is 6.33. The van der Waals surface area contributed by atoms with Crippen LogP contribution in [0.1, 0.15) is 13.3 Å². The predicted octanol–water partition coefficient (Wildman–Crippen LogP) is 4.77. The van der Waals surface area contributed by atoms with Gasteiger partial charge in [0.05, 0.1) is 22.5 Å². The van der Waals surface area contributed by atoms with Crippen LogP contribution in [0, 0.1) is 0 Å². The van der Waals surface area contributed by atoms with Crippen LogP contribution in [0.15, 0.2) is 48.9 Å². The lowest BCUT2D eigenvalue weighted by atomic mass is 10.2. The number of pyridine rings is 1. The maximum atomic E-state index is 5.81. The number of nitrogens with zero attached hydrogens (tertiary/aromatic N) is 3. The molecule has 0 fully saturated rings. The average molecular weight is 336 g/mol. The number of nitrogens with one attached hydrogen (secondary N) is 1. The van der Waals surface area contributed by atoms with Gasteiger partial charge in [-0.3, -0.25) is 0 Å². The van der Waals surface area contributed by atoms with E-state index in [-0.39, 0.29) is 0 Å². The molecule has 0 atom stereocenters. The van der Waals surface area contributed by atoms with E-state index in [9.17, 15) is 0 Å². The number of thiophene rings is 1. The summed E-state index contributed by atoms with van der Waals surface area (Å²) in [7, 11) is 0. The van der Waals surface area contributed by atoms with Gasteiger partial charge in [-0.1, -0.05) is 19.1 Å². The van der Waals surface area contributed by atoms with Crippen molar-refractivity contribution in [2.75, 3.05) is 11.9 Å². The lowest BCUT2D eigenvalue weighted by Crippen LogP contribution is -2.00. The number of hydrogen-bond acceptors (Lipinski definition) is 6. The second kappa shape index (κ2) is 6.41. The summed E-state index contributed by atoms with van der Waals surface area (Å²) >= 11 is 1.59. The van der Waals surface area contributed by atoms with Gasteiger partial charge >= 0.3 is 0 Å². The molecule has 0 bridgehead atoms. The molecule has 0 spiro atoms. The molecule has 0 saturated carbocycles. The highest BCUT2D eigenvalue weighted by molar-refractivity contribution is 7.25. The Morgan fingerprint density at radius 2 is 2.00 bits per heavy atom. The van der Waals surface area contributed by atoms with Crippen LogP contribution in [0.3, 0.4) is 0 Å². The zero-order valence-corrected chi connectivity index (χ0v) is 14.0. The van der Waals surface area contributed by atoms with Crippen LogP contribution in [-0.4, -0.2) is 21.6 Å². The molecule has 6 heteroatoms. The van der Waals surface area contributed by atoms with Gasteiger partial charge in [0.15, 0.2) is 5.82 Å². The smallest absolute Gasteiger partial charge is 0.152 e. The van der Waals surface area contributed by atoms with Gasteiger partial charge < -0.3 is 10.1 Å². The summed E-state index contributed by atoms with van der Waals surface area (Å²) in [6, 6.07) is 11.9. The van der Waals surface area contributed by atoms with Crippen LogP contribution in [0.4, 0.5) is 11.5 Å². The van der Waals surface area contributed by atoms with Gasteiger partial charge in [0.25, 0.3) is 0 Å². The van der Waals surface area contributed by atoms with Crippen molar-refractivity contribution < 1.29 is 4.74 Å². The number of benzene rings is 1. The van der Waals surface area contributed by atoms with E-state index in [0.717, 1.165) is 44.1 Å². The number of aromatic nitrogens is 3. The Labute approximate surface area is 143 Å². The van der Waals surface area contributed by atoms with Crippen LogP contribution in [0.2, 0.25) is 0 Å². The molecule has 120 valence electrons. The van der Waals surface area contributed by atoms with Crippen LogP contribution >= 0.6 is 11.3 Å². The molecule has 3 heterocycles. The van der Waals surface area contributed by atoms with Gasteiger partial charge in [-0.15, -0.1) is 11.3 Å². The number of para-hydroxylation sites is 2. The molecule has 1 aromatic carbocycles. The lowest BCUT2D eigenvalue weighted by Gasteiger charge is -2.12. The Morgan fingerprint density at radius 3 is 2.92 bits per heavy atom. The minimum atomic E-state index is 0.685. The number of fused-ring (bicyclic) bond motifs is 3. The van der Waals surface area contributed by atoms with Gasteiger partial charge in [-0.2, -0.15) is 0 Å². The van der Waals surface area contributed by atoms with Crippen molar-refractivity contribution in [3.63, 3.8) is 0 Å². The van der Waals surface area contributed by atoms with Gasteiger partial charge in [0.1, 0.15) is 16.9 Å². The van der Waals surface area contributed by atoms with Crippen LogP contribution in [0.25, 0.3) is 20.4 Å². The Balaban J connectivity index is 1.78. The molecular weight excluding hydrogens is 320 g/mol. The fourth-order valence-electron chi connectivity index (χ4n) is 2.54. The summed E-state index contributed by atoms with van der Waals surface area (Å²) < 4.78 is 6.81. The van der Waals surface area contributed by atoms with Crippen molar-refractivity contribution in [2.24, 2.45) is 0 Å². The van der Waals surface area contributed by atoms with E-state index in [4.69, 9.17) is 4.74 Å². The summed E-state index contributed by atoms with van der Waals surface area (Å²) in [6.07, 6.45) is 4.35. The van der Waals surface area contributed by atoms with E-state index < -0.39 is 0 Å². The highest BCUT2D eigenvalue weighted by Gasteiger charge is 2.13. The molecule has 0 aliphatic rings. The molecule has 0 aliphatic heterocycles. The Bertz CT molecular complexity index is 999. The quantitative estimate of drug-likeness (QED) is 0.569. The third-order valence-corrected chi connectivity index (χ3v) is 4.74. The zero-order valence-electron chi connectivity index (χ0n) is 13.2. The molecule has 0 saturated heterocycles. The summed E-state index contributed by atoms with van der Waals surface area (Å²) in [5.41, 5.74) is 1.82. The molecule has 0 amide bonds. The highest BCUT2D eigenvalue weighted by atomic mass is 32.1. The van der Waals surface area contributed by atoms with Gasteiger partial charge in [0.2, 0.25) is 0 Å². The fraction of sp³-hybridized carbons (Fsp3) is 0.167. The largest absolute Gasteiger partial charge is 0.491 e. The molecule has 5 nitrogen and oxygen atoms in total. The van der Waals surface area contributed by atoms with Crippen molar-refractivity contribution in [2.45, 2.75) is 13.3 Å². The summed E-state index contributed by atoms with van der Waals surface area (Å²) in [5, 5.41) is 4.45. The first kappa shape index (κ1) is 14.8. The van der Waals surface area contributed by atoms with E-state index in [1.54, 1.807) is 23.9 Å². The van der Waals surface area contributed by atoms with Gasteiger partial charge in [-0.05, 0) is 30.7 Å². The fourth-order valence-corrected chi connectivity index (χ4v) is 3.58.